The summed E-state index contributed by atoms with van der Waals surface area (Å²) >= 11 is 5.35. The van der Waals surface area contributed by atoms with Gasteiger partial charge < -0.3 is 14.2 Å². The van der Waals surface area contributed by atoms with E-state index >= 15 is 4.39 Å². The van der Waals surface area contributed by atoms with Gasteiger partial charge >= 0.3 is 12.1 Å². The summed E-state index contributed by atoms with van der Waals surface area (Å²) in [6.07, 6.45) is 3.97. The van der Waals surface area contributed by atoms with Crippen molar-refractivity contribution in [2.45, 2.75) is 77.2 Å². The monoisotopic (exact) mass is 496 g/mol. The summed E-state index contributed by atoms with van der Waals surface area (Å²) in [5.41, 5.74) is -3.30. The summed E-state index contributed by atoms with van der Waals surface area (Å²) < 4.78 is 32.3. The zero-order valence-corrected chi connectivity index (χ0v) is 20.4. The van der Waals surface area contributed by atoms with Crippen molar-refractivity contribution in [3.63, 3.8) is 0 Å². The third kappa shape index (κ3) is 3.78. The van der Waals surface area contributed by atoms with Gasteiger partial charge in [0.2, 0.25) is 0 Å². The summed E-state index contributed by atoms with van der Waals surface area (Å²) in [7, 11) is 0. The van der Waals surface area contributed by atoms with Crippen LogP contribution in [0.25, 0.3) is 0 Å². The standard InChI is InChI=1S/C25H30ClFO7/c1-14(10-21(30)32-13-26)33-22(31)34-20-7-6-17-18-5-4-15-11-16(28)8-9-24(15,3)25(18,27)19(29)12-23(17,20)2/h8-9,11,14,17-18,20H,4-7,10,12-13H2,1-3H3/t14?,17-,18-,20+,23-,24-,25-/m0/s1. The van der Waals surface area contributed by atoms with E-state index in [1.54, 1.807) is 13.0 Å². The minimum absolute atomic E-state index is 0.0646. The van der Waals surface area contributed by atoms with E-state index in [2.05, 4.69) is 4.74 Å². The first-order valence-corrected chi connectivity index (χ1v) is 12.2. The van der Waals surface area contributed by atoms with Gasteiger partial charge in [0.05, 0.1) is 6.42 Å². The van der Waals surface area contributed by atoms with E-state index in [9.17, 15) is 19.2 Å². The Bertz CT molecular complexity index is 976. The van der Waals surface area contributed by atoms with Gasteiger partial charge in [-0.25, -0.2) is 9.18 Å². The molecule has 7 nitrogen and oxygen atoms in total. The topological polar surface area (TPSA) is 96.0 Å². The van der Waals surface area contributed by atoms with Gasteiger partial charge in [-0.15, -0.1) is 0 Å². The number of esters is 1. The predicted molar refractivity (Wildman–Crippen MR) is 120 cm³/mol. The lowest BCUT2D eigenvalue weighted by Crippen LogP contribution is -2.65. The number of allylic oxidation sites excluding steroid dienone is 4. The molecule has 3 saturated carbocycles. The molecule has 0 aromatic carbocycles. The maximum Gasteiger partial charge on any atom is 0.508 e. The van der Waals surface area contributed by atoms with Crippen LogP contribution >= 0.6 is 11.6 Å². The molecule has 0 spiro atoms. The van der Waals surface area contributed by atoms with Crippen molar-refractivity contribution < 1.29 is 37.8 Å². The average molecular weight is 497 g/mol. The number of alkyl halides is 2. The molecule has 0 saturated heterocycles. The Morgan fingerprint density at radius 2 is 1.94 bits per heavy atom. The number of carbonyl (C=O) groups excluding carboxylic acids is 4. The second kappa shape index (κ2) is 8.77. The molecule has 34 heavy (non-hydrogen) atoms. The summed E-state index contributed by atoms with van der Waals surface area (Å²) in [6.45, 7) is 5.13. The van der Waals surface area contributed by atoms with E-state index < -0.39 is 52.5 Å². The molecular formula is C25H30ClFO7. The van der Waals surface area contributed by atoms with Crippen LogP contribution in [0.1, 0.15) is 59.3 Å². The Kier molecular flexibility index (Phi) is 6.42. The van der Waals surface area contributed by atoms with E-state index in [4.69, 9.17) is 21.1 Å². The molecular weight excluding hydrogens is 467 g/mol. The molecule has 1 unspecified atom stereocenters. The smallest absolute Gasteiger partial charge is 0.449 e. The van der Waals surface area contributed by atoms with Crippen molar-refractivity contribution >= 4 is 35.3 Å². The van der Waals surface area contributed by atoms with Crippen LogP contribution < -0.4 is 0 Å². The van der Waals surface area contributed by atoms with E-state index in [1.165, 1.54) is 19.1 Å². The molecule has 4 aliphatic rings. The Morgan fingerprint density at radius 1 is 1.21 bits per heavy atom. The van der Waals surface area contributed by atoms with Crippen molar-refractivity contribution in [1.29, 1.82) is 0 Å². The van der Waals surface area contributed by atoms with E-state index in [0.29, 0.717) is 31.3 Å². The lowest BCUT2D eigenvalue weighted by atomic mass is 9.46. The van der Waals surface area contributed by atoms with Gasteiger partial charge in [-0.1, -0.05) is 30.2 Å². The van der Waals surface area contributed by atoms with Crippen LogP contribution in [0.2, 0.25) is 0 Å². The minimum Gasteiger partial charge on any atom is -0.449 e. The fourth-order valence-electron chi connectivity index (χ4n) is 6.79. The summed E-state index contributed by atoms with van der Waals surface area (Å²) in [5, 5.41) is 0. The SMILES string of the molecule is CC(CC(=O)OCCl)OC(=O)O[C@@H]1CC[C@H]2[C@@H]3CCC4=CC(=O)C=C[C@]4(C)[C@@]3(F)C(=O)C[C@]12C. The van der Waals surface area contributed by atoms with Crippen molar-refractivity contribution in [2.24, 2.45) is 22.7 Å². The number of Topliss-reactive ketones (excluding diaryl/α,β-unsaturated/α-hetero) is 1. The van der Waals surface area contributed by atoms with Crippen molar-refractivity contribution in [2.75, 3.05) is 6.07 Å². The molecule has 0 N–H and O–H groups in total. The van der Waals surface area contributed by atoms with Gasteiger partial charge in [0.15, 0.2) is 23.3 Å². The minimum atomic E-state index is -2.11. The summed E-state index contributed by atoms with van der Waals surface area (Å²) in [4.78, 5) is 49.3. The molecule has 0 aromatic heterocycles. The summed E-state index contributed by atoms with van der Waals surface area (Å²) in [6, 6.07) is -0.286. The average Bonchev–Trinajstić information content (AvgIpc) is 3.05. The first-order valence-electron chi connectivity index (χ1n) is 11.7. The fraction of sp³-hybridized carbons (Fsp3) is 0.680. The Balaban J connectivity index is 1.50. The Morgan fingerprint density at radius 3 is 2.65 bits per heavy atom. The zero-order chi connectivity index (χ0) is 24.9. The van der Waals surface area contributed by atoms with Gasteiger partial charge in [0.1, 0.15) is 12.2 Å². The van der Waals surface area contributed by atoms with Gasteiger partial charge in [0, 0.05) is 23.2 Å². The molecule has 4 aliphatic carbocycles. The van der Waals surface area contributed by atoms with Gasteiger partial charge in [0.25, 0.3) is 0 Å². The normalized spacial score (nSPS) is 39.3. The molecule has 4 rings (SSSR count). The zero-order valence-electron chi connectivity index (χ0n) is 19.6. The maximum absolute atomic E-state index is 16.9. The summed E-state index contributed by atoms with van der Waals surface area (Å²) in [5.74, 6) is -1.98. The number of halogens is 2. The Hall–Kier alpha value is -2.22. The van der Waals surface area contributed by atoms with Gasteiger partial charge in [-0.3, -0.25) is 14.4 Å². The first-order chi connectivity index (χ1) is 16.0. The molecule has 9 heteroatoms. The number of rotatable bonds is 5. The molecule has 0 radical (unpaired) electrons. The highest BCUT2D eigenvalue weighted by atomic mass is 35.5. The predicted octanol–water partition coefficient (Wildman–Crippen LogP) is 4.61. The first kappa shape index (κ1) is 24.9. The number of hydrogen-bond donors (Lipinski definition) is 0. The van der Waals surface area contributed by atoms with Crippen LogP contribution in [0.3, 0.4) is 0 Å². The molecule has 0 amide bonds. The van der Waals surface area contributed by atoms with E-state index in [1.807, 2.05) is 6.92 Å². The third-order valence-corrected chi connectivity index (χ3v) is 8.63. The highest BCUT2D eigenvalue weighted by Crippen LogP contribution is 2.66. The highest BCUT2D eigenvalue weighted by molar-refractivity contribution is 6.17. The van der Waals surface area contributed by atoms with Crippen molar-refractivity contribution in [1.82, 2.24) is 0 Å². The maximum atomic E-state index is 16.9. The molecule has 0 aromatic rings. The lowest BCUT2D eigenvalue weighted by Gasteiger charge is -2.58. The van der Waals surface area contributed by atoms with E-state index in [0.717, 1.165) is 0 Å². The number of carbonyl (C=O) groups is 4. The van der Waals surface area contributed by atoms with Crippen molar-refractivity contribution in [3.8, 4) is 0 Å². The number of ketones is 2. The quantitative estimate of drug-likeness (QED) is 0.405. The molecule has 186 valence electrons. The highest BCUT2D eigenvalue weighted by Gasteiger charge is 2.71. The second-order valence-corrected chi connectivity index (χ2v) is 10.6. The number of ether oxygens (including phenoxy) is 3. The number of hydrogen-bond acceptors (Lipinski definition) is 7. The molecule has 0 bridgehead atoms. The van der Waals surface area contributed by atoms with Crippen molar-refractivity contribution in [3.05, 3.63) is 23.8 Å². The largest absolute Gasteiger partial charge is 0.508 e. The third-order valence-electron chi connectivity index (χ3n) is 8.52. The Labute approximate surface area is 203 Å². The van der Waals surface area contributed by atoms with E-state index in [-0.39, 0.29) is 30.6 Å². The van der Waals surface area contributed by atoms with Crippen LogP contribution in [0.15, 0.2) is 23.8 Å². The molecule has 3 fully saturated rings. The van der Waals surface area contributed by atoms with Crippen LogP contribution in [-0.2, 0) is 28.6 Å². The fourth-order valence-corrected chi connectivity index (χ4v) is 6.91. The molecule has 0 heterocycles. The lowest BCUT2D eigenvalue weighted by molar-refractivity contribution is -0.170. The number of fused-ring (bicyclic) bond motifs is 5. The molecule has 7 atom stereocenters. The van der Waals surface area contributed by atoms with Gasteiger partial charge in [-0.2, -0.15) is 0 Å². The van der Waals surface area contributed by atoms with Crippen LogP contribution in [0, 0.1) is 22.7 Å². The van der Waals surface area contributed by atoms with Gasteiger partial charge in [-0.05, 0) is 57.6 Å². The van der Waals surface area contributed by atoms with Crippen LogP contribution in [-0.4, -0.2) is 47.6 Å². The molecule has 0 aliphatic heterocycles. The second-order valence-electron chi connectivity index (χ2n) is 10.4. The van der Waals surface area contributed by atoms with Crippen LogP contribution in [0.5, 0.6) is 0 Å². The van der Waals surface area contributed by atoms with Crippen LogP contribution in [0.4, 0.5) is 9.18 Å².